The Morgan fingerprint density at radius 3 is 2.80 bits per heavy atom. The molecule has 0 amide bonds. The van der Waals surface area contributed by atoms with Crippen molar-refractivity contribution in [3.63, 3.8) is 0 Å². The zero-order valence-corrected chi connectivity index (χ0v) is 10.3. The van der Waals surface area contributed by atoms with Crippen molar-refractivity contribution in [1.82, 2.24) is 4.90 Å². The van der Waals surface area contributed by atoms with Crippen LogP contribution in [0.15, 0.2) is 0 Å². The first-order valence-electron chi connectivity index (χ1n) is 6.07. The van der Waals surface area contributed by atoms with Crippen molar-refractivity contribution in [1.29, 1.82) is 0 Å². The molecule has 0 aromatic heterocycles. The largest absolute Gasteiger partial charge is 0.389 e. The molecule has 1 rings (SSSR count). The van der Waals surface area contributed by atoms with E-state index in [1.54, 1.807) is 0 Å². The molecule has 1 fully saturated rings. The highest BCUT2D eigenvalue weighted by Gasteiger charge is 2.24. The number of nitrogens with zero attached hydrogens (tertiary/aromatic N) is 1. The van der Waals surface area contributed by atoms with Gasteiger partial charge in [-0.1, -0.05) is 6.92 Å². The van der Waals surface area contributed by atoms with E-state index in [-0.39, 0.29) is 0 Å². The summed E-state index contributed by atoms with van der Waals surface area (Å²) >= 11 is 0. The molecule has 0 aromatic rings. The third kappa shape index (κ3) is 5.50. The molecular weight excluding hydrogens is 190 g/mol. The second-order valence-electron chi connectivity index (χ2n) is 5.18. The van der Waals surface area contributed by atoms with Gasteiger partial charge in [-0.05, 0) is 39.7 Å². The first-order valence-corrected chi connectivity index (χ1v) is 6.07. The summed E-state index contributed by atoms with van der Waals surface area (Å²) in [6.07, 6.45) is 3.82. The quantitative estimate of drug-likeness (QED) is 0.757. The van der Waals surface area contributed by atoms with Gasteiger partial charge < -0.3 is 9.84 Å². The predicted octanol–water partition coefficient (Wildman–Crippen LogP) is 1.65. The van der Waals surface area contributed by atoms with Crippen molar-refractivity contribution in [3.8, 4) is 0 Å². The summed E-state index contributed by atoms with van der Waals surface area (Å²) in [5.74, 6) is 0. The van der Waals surface area contributed by atoms with Crippen molar-refractivity contribution >= 4 is 0 Å². The number of aliphatic hydroxyl groups is 1. The van der Waals surface area contributed by atoms with Gasteiger partial charge in [-0.15, -0.1) is 0 Å². The van der Waals surface area contributed by atoms with Gasteiger partial charge in [0.25, 0.3) is 0 Å². The minimum absolute atomic E-state index is 0.376. The second-order valence-corrected chi connectivity index (χ2v) is 5.18. The fraction of sp³-hybridized carbons (Fsp3) is 1.00. The summed E-state index contributed by atoms with van der Waals surface area (Å²) in [5.41, 5.74) is -0.591. The molecule has 15 heavy (non-hydrogen) atoms. The zero-order chi connectivity index (χ0) is 11.3. The fourth-order valence-electron chi connectivity index (χ4n) is 2.12. The Morgan fingerprint density at radius 1 is 1.47 bits per heavy atom. The average molecular weight is 215 g/mol. The van der Waals surface area contributed by atoms with Gasteiger partial charge in [0.05, 0.1) is 11.7 Å². The van der Waals surface area contributed by atoms with Crippen molar-refractivity contribution in [2.75, 3.05) is 26.2 Å². The van der Waals surface area contributed by atoms with Crippen LogP contribution in [0.25, 0.3) is 0 Å². The van der Waals surface area contributed by atoms with Crippen molar-refractivity contribution < 1.29 is 9.84 Å². The van der Waals surface area contributed by atoms with Gasteiger partial charge in [-0.25, -0.2) is 0 Å². The number of β-amino-alcohol motifs (C(OH)–C–C–N with tert-alkyl or cyclic N) is 1. The summed E-state index contributed by atoms with van der Waals surface area (Å²) in [5, 5.41) is 9.75. The molecule has 1 N–H and O–H groups in total. The van der Waals surface area contributed by atoms with Gasteiger partial charge in [0.2, 0.25) is 0 Å². The van der Waals surface area contributed by atoms with Crippen molar-refractivity contribution in [2.24, 2.45) is 0 Å². The number of likely N-dealkylation sites (tertiary alicyclic amines) is 1. The van der Waals surface area contributed by atoms with Gasteiger partial charge in [0.15, 0.2) is 0 Å². The molecule has 1 atom stereocenters. The van der Waals surface area contributed by atoms with E-state index in [4.69, 9.17) is 4.74 Å². The Hall–Kier alpha value is -0.120. The molecule has 0 bridgehead atoms. The van der Waals surface area contributed by atoms with E-state index in [0.29, 0.717) is 6.10 Å². The van der Waals surface area contributed by atoms with E-state index in [9.17, 15) is 5.11 Å². The zero-order valence-electron chi connectivity index (χ0n) is 10.3. The van der Waals surface area contributed by atoms with Crippen molar-refractivity contribution in [2.45, 2.75) is 51.7 Å². The summed E-state index contributed by atoms with van der Waals surface area (Å²) in [6, 6.07) is 0. The fourth-order valence-corrected chi connectivity index (χ4v) is 2.12. The maximum Gasteiger partial charge on any atom is 0.0718 e. The molecule has 1 heterocycles. The molecule has 0 saturated carbocycles. The van der Waals surface area contributed by atoms with Crippen LogP contribution < -0.4 is 0 Å². The lowest BCUT2D eigenvalue weighted by atomic mass is 10.0. The topological polar surface area (TPSA) is 32.7 Å². The Bertz CT molecular complexity index is 177. The van der Waals surface area contributed by atoms with Crippen LogP contribution in [0.2, 0.25) is 0 Å². The number of hydrogen-bond acceptors (Lipinski definition) is 3. The predicted molar refractivity (Wildman–Crippen MR) is 62.0 cm³/mol. The molecule has 0 aromatic carbocycles. The summed E-state index contributed by atoms with van der Waals surface area (Å²) in [6.45, 7) is 9.55. The van der Waals surface area contributed by atoms with Gasteiger partial charge in [0.1, 0.15) is 0 Å². The Labute approximate surface area is 93.4 Å². The van der Waals surface area contributed by atoms with Crippen LogP contribution in [-0.2, 0) is 4.74 Å². The van der Waals surface area contributed by atoms with Gasteiger partial charge in [-0.2, -0.15) is 0 Å². The standard InChI is InChI=1S/C12H25NO2/c1-4-8-15-11-6-5-7-13(9-11)10-12(2,3)14/h11,14H,4-10H2,1-3H3. The lowest BCUT2D eigenvalue weighted by Gasteiger charge is -2.35. The van der Waals surface area contributed by atoms with E-state index < -0.39 is 5.60 Å². The molecular formula is C12H25NO2. The Kier molecular flexibility index (Phi) is 5.03. The number of ether oxygens (including phenoxy) is 1. The molecule has 1 aliphatic heterocycles. The van der Waals surface area contributed by atoms with Gasteiger partial charge in [-0.3, -0.25) is 4.90 Å². The molecule has 90 valence electrons. The lowest BCUT2D eigenvalue weighted by Crippen LogP contribution is -2.46. The third-order valence-corrected chi connectivity index (χ3v) is 2.63. The van der Waals surface area contributed by atoms with Crippen LogP contribution >= 0.6 is 0 Å². The van der Waals surface area contributed by atoms with Crippen LogP contribution in [0, 0.1) is 0 Å². The summed E-state index contributed by atoms with van der Waals surface area (Å²) < 4.78 is 5.75. The highest BCUT2D eigenvalue weighted by atomic mass is 16.5. The van der Waals surface area contributed by atoms with E-state index in [1.165, 1.54) is 12.8 Å². The maximum absolute atomic E-state index is 9.75. The average Bonchev–Trinajstić information content (AvgIpc) is 2.12. The highest BCUT2D eigenvalue weighted by molar-refractivity contribution is 4.78. The number of piperidine rings is 1. The first kappa shape index (κ1) is 12.9. The summed E-state index contributed by atoms with van der Waals surface area (Å²) in [7, 11) is 0. The minimum atomic E-state index is -0.591. The van der Waals surface area contributed by atoms with E-state index in [2.05, 4.69) is 11.8 Å². The molecule has 1 unspecified atom stereocenters. The smallest absolute Gasteiger partial charge is 0.0718 e. The van der Waals surface area contributed by atoms with E-state index in [1.807, 2.05) is 13.8 Å². The molecule has 1 aliphatic rings. The molecule has 3 heteroatoms. The molecule has 0 spiro atoms. The second kappa shape index (κ2) is 5.83. The highest BCUT2D eigenvalue weighted by Crippen LogP contribution is 2.16. The van der Waals surface area contributed by atoms with Crippen LogP contribution in [0.3, 0.4) is 0 Å². The molecule has 0 aliphatic carbocycles. The lowest BCUT2D eigenvalue weighted by molar-refractivity contribution is -0.0283. The Morgan fingerprint density at radius 2 is 2.20 bits per heavy atom. The molecule has 1 saturated heterocycles. The minimum Gasteiger partial charge on any atom is -0.389 e. The SMILES string of the molecule is CCCOC1CCCN(CC(C)(C)O)C1. The first-order chi connectivity index (χ1) is 7.01. The van der Waals surface area contributed by atoms with E-state index in [0.717, 1.165) is 32.7 Å². The Balaban J connectivity index is 2.29. The van der Waals surface area contributed by atoms with Crippen LogP contribution in [-0.4, -0.2) is 48.0 Å². The van der Waals surface area contributed by atoms with Gasteiger partial charge >= 0.3 is 0 Å². The maximum atomic E-state index is 9.75. The van der Waals surface area contributed by atoms with E-state index >= 15 is 0 Å². The normalized spacial score (nSPS) is 24.4. The monoisotopic (exact) mass is 215 g/mol. The van der Waals surface area contributed by atoms with Crippen LogP contribution in [0.4, 0.5) is 0 Å². The van der Waals surface area contributed by atoms with Crippen LogP contribution in [0.1, 0.15) is 40.0 Å². The number of rotatable bonds is 5. The molecule has 0 radical (unpaired) electrons. The van der Waals surface area contributed by atoms with Crippen LogP contribution in [0.5, 0.6) is 0 Å². The molecule has 3 nitrogen and oxygen atoms in total. The summed E-state index contributed by atoms with van der Waals surface area (Å²) in [4.78, 5) is 2.31. The third-order valence-electron chi connectivity index (χ3n) is 2.63. The van der Waals surface area contributed by atoms with Gasteiger partial charge in [0, 0.05) is 19.7 Å². The number of hydrogen-bond donors (Lipinski definition) is 1. The van der Waals surface area contributed by atoms with Crippen molar-refractivity contribution in [3.05, 3.63) is 0 Å².